The lowest BCUT2D eigenvalue weighted by Crippen LogP contribution is -2.42. The van der Waals surface area contributed by atoms with Crippen LogP contribution in [0.25, 0.3) is 11.0 Å². The van der Waals surface area contributed by atoms with Crippen molar-refractivity contribution in [2.45, 2.75) is 63.1 Å². The number of fused-ring (bicyclic) bond motifs is 1. The van der Waals surface area contributed by atoms with Crippen LogP contribution in [-0.2, 0) is 16.6 Å². The van der Waals surface area contributed by atoms with Gasteiger partial charge in [-0.25, -0.2) is 22.6 Å². The molecular weight excluding hydrogens is 368 g/mol. The predicted octanol–water partition coefficient (Wildman–Crippen LogP) is 1.36. The summed E-state index contributed by atoms with van der Waals surface area (Å²) in [5.41, 5.74) is 1.22. The van der Waals surface area contributed by atoms with Gasteiger partial charge in [-0.1, -0.05) is 18.1 Å². The standard InChI is InChI=1S/C17H26N6O3S/c1-12(2)21-27(25,26)14-7-8-16-15(11-14)20-22-23(16)10-9-18-17(24)19-13-5-3-4-6-13/h7-8,11-13,21H,3-6,9-10H2,1-2H3,(H2,18,19,24). The largest absolute Gasteiger partial charge is 0.336 e. The predicted molar refractivity (Wildman–Crippen MR) is 102 cm³/mol. The number of benzene rings is 1. The Labute approximate surface area is 158 Å². The number of hydrogen-bond acceptors (Lipinski definition) is 5. The number of nitrogens with zero attached hydrogens (tertiary/aromatic N) is 3. The van der Waals surface area contributed by atoms with Crippen molar-refractivity contribution in [1.82, 2.24) is 30.3 Å². The second-order valence-corrected chi connectivity index (χ2v) is 8.83. The van der Waals surface area contributed by atoms with Crippen molar-refractivity contribution in [3.05, 3.63) is 18.2 Å². The molecule has 1 heterocycles. The van der Waals surface area contributed by atoms with E-state index in [1.165, 1.54) is 25.0 Å². The smallest absolute Gasteiger partial charge is 0.315 e. The maximum atomic E-state index is 12.3. The number of amides is 2. The molecule has 3 N–H and O–H groups in total. The molecule has 0 radical (unpaired) electrons. The molecule has 0 atom stereocenters. The topological polar surface area (TPSA) is 118 Å². The van der Waals surface area contributed by atoms with Crippen molar-refractivity contribution in [2.24, 2.45) is 0 Å². The Morgan fingerprint density at radius 1 is 1.30 bits per heavy atom. The van der Waals surface area contributed by atoms with Crippen LogP contribution in [0.2, 0.25) is 0 Å². The zero-order chi connectivity index (χ0) is 19.4. The number of aromatic nitrogens is 3. The lowest BCUT2D eigenvalue weighted by atomic mass is 10.2. The van der Waals surface area contributed by atoms with Gasteiger partial charge in [-0.15, -0.1) is 5.10 Å². The maximum absolute atomic E-state index is 12.3. The lowest BCUT2D eigenvalue weighted by molar-refractivity contribution is 0.236. The maximum Gasteiger partial charge on any atom is 0.315 e. The van der Waals surface area contributed by atoms with Gasteiger partial charge in [-0.3, -0.25) is 0 Å². The van der Waals surface area contributed by atoms with Gasteiger partial charge in [-0.05, 0) is 44.9 Å². The Hall–Kier alpha value is -2.20. The van der Waals surface area contributed by atoms with E-state index >= 15 is 0 Å². The number of carbonyl (C=O) groups excluding carboxylic acids is 1. The number of hydrogen-bond donors (Lipinski definition) is 3. The first-order chi connectivity index (χ1) is 12.8. The molecule has 1 fully saturated rings. The molecule has 1 aromatic carbocycles. The highest BCUT2D eigenvalue weighted by atomic mass is 32.2. The Balaban J connectivity index is 1.60. The molecule has 0 bridgehead atoms. The van der Waals surface area contributed by atoms with E-state index in [4.69, 9.17) is 0 Å². The third-order valence-corrected chi connectivity index (χ3v) is 6.14. The molecule has 9 nitrogen and oxygen atoms in total. The molecule has 148 valence electrons. The molecule has 2 amide bonds. The Kier molecular flexibility index (Phi) is 5.95. The fraction of sp³-hybridized carbons (Fsp3) is 0.588. The molecule has 2 aromatic rings. The summed E-state index contributed by atoms with van der Waals surface area (Å²) in [4.78, 5) is 12.1. The number of urea groups is 1. The van der Waals surface area contributed by atoms with E-state index in [1.807, 2.05) is 0 Å². The van der Waals surface area contributed by atoms with E-state index in [0.29, 0.717) is 18.6 Å². The molecule has 0 aliphatic heterocycles. The van der Waals surface area contributed by atoms with Gasteiger partial charge in [0.15, 0.2) is 0 Å². The zero-order valence-electron chi connectivity index (χ0n) is 15.6. The highest BCUT2D eigenvalue weighted by molar-refractivity contribution is 7.89. The first-order valence-corrected chi connectivity index (χ1v) is 10.7. The summed E-state index contributed by atoms with van der Waals surface area (Å²) >= 11 is 0. The summed E-state index contributed by atoms with van der Waals surface area (Å²) in [5, 5.41) is 13.9. The molecule has 10 heteroatoms. The summed E-state index contributed by atoms with van der Waals surface area (Å²) in [5.74, 6) is 0. The highest BCUT2D eigenvalue weighted by Crippen LogP contribution is 2.18. The summed E-state index contributed by atoms with van der Waals surface area (Å²) in [7, 11) is -3.57. The SMILES string of the molecule is CC(C)NS(=O)(=O)c1ccc2c(c1)nnn2CCNC(=O)NC1CCCC1. The van der Waals surface area contributed by atoms with Gasteiger partial charge in [0.05, 0.1) is 17.0 Å². The Bertz CT molecular complexity index is 903. The third-order valence-electron chi connectivity index (χ3n) is 4.49. The summed E-state index contributed by atoms with van der Waals surface area (Å²) in [6.45, 7) is 4.39. The average Bonchev–Trinajstić information content (AvgIpc) is 3.23. The third kappa shape index (κ3) is 4.95. The van der Waals surface area contributed by atoms with Crippen molar-refractivity contribution in [3.63, 3.8) is 0 Å². The van der Waals surface area contributed by atoms with Gasteiger partial charge in [-0.2, -0.15) is 0 Å². The first kappa shape index (κ1) is 19.6. The molecule has 3 rings (SSSR count). The number of carbonyl (C=O) groups is 1. The van der Waals surface area contributed by atoms with Crippen molar-refractivity contribution in [1.29, 1.82) is 0 Å². The summed E-state index contributed by atoms with van der Waals surface area (Å²) in [6, 6.07) is 4.64. The molecular formula is C17H26N6O3S. The van der Waals surface area contributed by atoms with Crippen LogP contribution in [0.3, 0.4) is 0 Å². The van der Waals surface area contributed by atoms with E-state index < -0.39 is 10.0 Å². The van der Waals surface area contributed by atoms with Crippen LogP contribution in [-0.4, -0.2) is 48.1 Å². The van der Waals surface area contributed by atoms with Crippen LogP contribution in [0.15, 0.2) is 23.1 Å². The minimum atomic E-state index is -3.57. The van der Waals surface area contributed by atoms with E-state index in [9.17, 15) is 13.2 Å². The van der Waals surface area contributed by atoms with E-state index in [-0.39, 0.29) is 23.0 Å². The zero-order valence-corrected chi connectivity index (χ0v) is 16.4. The van der Waals surface area contributed by atoms with Gasteiger partial charge in [0.2, 0.25) is 10.0 Å². The fourth-order valence-corrected chi connectivity index (χ4v) is 4.52. The minimum absolute atomic E-state index is 0.157. The van der Waals surface area contributed by atoms with E-state index in [2.05, 4.69) is 25.7 Å². The highest BCUT2D eigenvalue weighted by Gasteiger charge is 2.18. The van der Waals surface area contributed by atoms with Crippen LogP contribution in [0.1, 0.15) is 39.5 Å². The average molecular weight is 395 g/mol. The summed E-state index contributed by atoms with van der Waals surface area (Å²) < 4.78 is 28.7. The molecule has 1 aliphatic rings. The molecule has 1 saturated carbocycles. The van der Waals surface area contributed by atoms with Crippen LogP contribution in [0.4, 0.5) is 4.79 Å². The molecule has 0 saturated heterocycles. The quantitative estimate of drug-likeness (QED) is 0.655. The molecule has 1 aromatic heterocycles. The van der Waals surface area contributed by atoms with Gasteiger partial charge in [0.25, 0.3) is 0 Å². The van der Waals surface area contributed by atoms with Crippen LogP contribution in [0.5, 0.6) is 0 Å². The molecule has 1 aliphatic carbocycles. The first-order valence-electron chi connectivity index (χ1n) is 9.25. The normalized spacial score (nSPS) is 15.5. The van der Waals surface area contributed by atoms with E-state index in [1.54, 1.807) is 24.6 Å². The molecule has 27 heavy (non-hydrogen) atoms. The van der Waals surface area contributed by atoms with Gasteiger partial charge >= 0.3 is 6.03 Å². The van der Waals surface area contributed by atoms with Gasteiger partial charge < -0.3 is 10.6 Å². The van der Waals surface area contributed by atoms with Gasteiger partial charge in [0.1, 0.15) is 5.52 Å². The van der Waals surface area contributed by atoms with Crippen molar-refractivity contribution < 1.29 is 13.2 Å². The van der Waals surface area contributed by atoms with Crippen LogP contribution < -0.4 is 15.4 Å². The van der Waals surface area contributed by atoms with Crippen molar-refractivity contribution in [2.75, 3.05) is 6.54 Å². The number of nitrogens with one attached hydrogen (secondary N) is 3. The number of sulfonamides is 1. The van der Waals surface area contributed by atoms with Gasteiger partial charge in [0, 0.05) is 18.6 Å². The second kappa shape index (κ2) is 8.22. The van der Waals surface area contributed by atoms with Crippen molar-refractivity contribution >= 4 is 27.1 Å². The van der Waals surface area contributed by atoms with Crippen LogP contribution >= 0.6 is 0 Å². The van der Waals surface area contributed by atoms with Crippen molar-refractivity contribution in [3.8, 4) is 0 Å². The summed E-state index contributed by atoms with van der Waals surface area (Å²) in [6.07, 6.45) is 4.41. The lowest BCUT2D eigenvalue weighted by Gasteiger charge is -2.13. The molecule has 0 spiro atoms. The van der Waals surface area contributed by atoms with E-state index in [0.717, 1.165) is 18.4 Å². The van der Waals surface area contributed by atoms with Crippen LogP contribution in [0, 0.1) is 0 Å². The Morgan fingerprint density at radius 2 is 2.04 bits per heavy atom. The fourth-order valence-electron chi connectivity index (χ4n) is 3.24. The molecule has 0 unspecified atom stereocenters. The second-order valence-electron chi connectivity index (χ2n) is 7.12. The monoisotopic (exact) mass is 394 g/mol. The Morgan fingerprint density at radius 3 is 2.74 bits per heavy atom. The minimum Gasteiger partial charge on any atom is -0.336 e. The number of rotatable bonds is 7.